The average Bonchev–Trinajstić information content (AvgIpc) is 2.71. The van der Waals surface area contributed by atoms with Crippen LogP contribution in [0.15, 0.2) is 24.4 Å². The Morgan fingerprint density at radius 1 is 1.53 bits per heavy atom. The minimum atomic E-state index is -1.08. The minimum absolute atomic E-state index is 0.0123. The first-order valence-electron chi connectivity index (χ1n) is 4.77. The maximum Gasteiger partial charge on any atom is 0.353 e. The highest BCUT2D eigenvalue weighted by Gasteiger charge is 2.09. The van der Waals surface area contributed by atoms with E-state index in [0.29, 0.717) is 22.8 Å². The van der Waals surface area contributed by atoms with Crippen LogP contribution in [0.25, 0.3) is 0 Å². The predicted molar refractivity (Wildman–Crippen MR) is 59.8 cm³/mol. The first kappa shape index (κ1) is 11.6. The zero-order chi connectivity index (χ0) is 12.4. The minimum Gasteiger partial charge on any atom is -0.477 e. The summed E-state index contributed by atoms with van der Waals surface area (Å²) in [6.07, 6.45) is 1.56. The summed E-state index contributed by atoms with van der Waals surface area (Å²) in [7, 11) is 0. The summed E-state index contributed by atoms with van der Waals surface area (Å²) < 4.78 is 12.8. The van der Waals surface area contributed by atoms with E-state index in [9.17, 15) is 9.18 Å². The molecule has 0 bridgehead atoms. The summed E-state index contributed by atoms with van der Waals surface area (Å²) >= 11 is 5.85. The molecule has 0 amide bonds. The van der Waals surface area contributed by atoms with Crippen LogP contribution in [0, 0.1) is 5.82 Å². The molecule has 17 heavy (non-hydrogen) atoms. The van der Waals surface area contributed by atoms with Crippen molar-refractivity contribution in [2.24, 2.45) is 0 Å². The molecule has 0 saturated heterocycles. The SMILES string of the molecule is O=C(O)c1cnc(Cc2ccc(F)cc2Cl)[nH]1. The Morgan fingerprint density at radius 2 is 2.29 bits per heavy atom. The van der Waals surface area contributed by atoms with E-state index in [1.165, 1.54) is 18.3 Å². The summed E-state index contributed by atoms with van der Waals surface area (Å²) in [5.41, 5.74) is 0.692. The van der Waals surface area contributed by atoms with Crippen molar-refractivity contribution in [2.45, 2.75) is 6.42 Å². The molecule has 0 aliphatic carbocycles. The third kappa shape index (κ3) is 2.62. The molecule has 2 N–H and O–H groups in total. The van der Waals surface area contributed by atoms with Crippen LogP contribution in [-0.4, -0.2) is 21.0 Å². The second kappa shape index (κ2) is 4.55. The Balaban J connectivity index is 2.22. The molecular weight excluding hydrogens is 247 g/mol. The molecule has 4 nitrogen and oxygen atoms in total. The Kier molecular flexibility index (Phi) is 3.10. The summed E-state index contributed by atoms with van der Waals surface area (Å²) in [6.45, 7) is 0. The van der Waals surface area contributed by atoms with E-state index in [4.69, 9.17) is 16.7 Å². The lowest BCUT2D eigenvalue weighted by Gasteiger charge is -2.01. The number of aromatic amines is 1. The number of H-pyrrole nitrogens is 1. The molecule has 88 valence electrons. The van der Waals surface area contributed by atoms with E-state index in [1.54, 1.807) is 6.07 Å². The second-order valence-electron chi connectivity index (χ2n) is 3.46. The molecule has 1 heterocycles. The first-order valence-corrected chi connectivity index (χ1v) is 5.15. The van der Waals surface area contributed by atoms with Gasteiger partial charge in [0.15, 0.2) is 0 Å². The molecule has 0 unspecified atom stereocenters. The van der Waals surface area contributed by atoms with Gasteiger partial charge in [-0.2, -0.15) is 0 Å². The molecule has 6 heteroatoms. The standard InChI is InChI=1S/C11H8ClFN2O2/c12-8-4-7(13)2-1-6(8)3-10-14-5-9(15-10)11(16)17/h1-2,4-5H,3H2,(H,14,15)(H,16,17). The number of aromatic nitrogens is 2. The molecule has 2 aromatic rings. The summed E-state index contributed by atoms with van der Waals surface area (Å²) in [5.74, 6) is -1.02. The highest BCUT2D eigenvalue weighted by Crippen LogP contribution is 2.19. The van der Waals surface area contributed by atoms with Gasteiger partial charge in [-0.05, 0) is 17.7 Å². The Morgan fingerprint density at radius 3 is 2.88 bits per heavy atom. The molecule has 0 aliphatic rings. The lowest BCUT2D eigenvalue weighted by Crippen LogP contribution is -1.97. The van der Waals surface area contributed by atoms with Gasteiger partial charge in [0, 0.05) is 11.4 Å². The number of imidazole rings is 1. The number of carboxylic acids is 1. The van der Waals surface area contributed by atoms with Crippen molar-refractivity contribution in [3.05, 3.63) is 52.3 Å². The van der Waals surface area contributed by atoms with Gasteiger partial charge in [-0.25, -0.2) is 14.2 Å². The number of hydrogen-bond donors (Lipinski definition) is 2. The first-order chi connectivity index (χ1) is 8.06. The van der Waals surface area contributed by atoms with E-state index in [2.05, 4.69) is 9.97 Å². The van der Waals surface area contributed by atoms with Crippen LogP contribution >= 0.6 is 11.6 Å². The van der Waals surface area contributed by atoms with Gasteiger partial charge in [0.25, 0.3) is 0 Å². The van der Waals surface area contributed by atoms with E-state index >= 15 is 0 Å². The lowest BCUT2D eigenvalue weighted by atomic mass is 10.1. The van der Waals surface area contributed by atoms with Gasteiger partial charge >= 0.3 is 5.97 Å². The summed E-state index contributed by atoms with van der Waals surface area (Å²) in [6, 6.07) is 4.04. The quantitative estimate of drug-likeness (QED) is 0.884. The molecule has 0 aliphatic heterocycles. The smallest absolute Gasteiger partial charge is 0.353 e. The van der Waals surface area contributed by atoms with Crippen LogP contribution in [0.4, 0.5) is 4.39 Å². The second-order valence-corrected chi connectivity index (χ2v) is 3.87. The monoisotopic (exact) mass is 254 g/mol. The zero-order valence-electron chi connectivity index (χ0n) is 8.58. The van der Waals surface area contributed by atoms with Crippen LogP contribution in [0.5, 0.6) is 0 Å². The number of rotatable bonds is 3. The van der Waals surface area contributed by atoms with Crippen LogP contribution in [0.3, 0.4) is 0 Å². The largest absolute Gasteiger partial charge is 0.477 e. The van der Waals surface area contributed by atoms with Gasteiger partial charge in [-0.15, -0.1) is 0 Å². The number of hydrogen-bond acceptors (Lipinski definition) is 2. The fourth-order valence-electron chi connectivity index (χ4n) is 1.41. The van der Waals surface area contributed by atoms with Crippen molar-refractivity contribution in [1.29, 1.82) is 0 Å². The van der Waals surface area contributed by atoms with Crippen molar-refractivity contribution in [3.63, 3.8) is 0 Å². The number of halogens is 2. The number of nitrogens with one attached hydrogen (secondary N) is 1. The molecule has 0 spiro atoms. The highest BCUT2D eigenvalue weighted by atomic mass is 35.5. The van der Waals surface area contributed by atoms with Gasteiger partial charge < -0.3 is 10.1 Å². The van der Waals surface area contributed by atoms with Gasteiger partial charge in [-0.1, -0.05) is 17.7 Å². The third-order valence-electron chi connectivity index (χ3n) is 2.23. The molecule has 0 fully saturated rings. The number of nitrogens with zero attached hydrogens (tertiary/aromatic N) is 1. The van der Waals surface area contributed by atoms with Crippen molar-refractivity contribution >= 4 is 17.6 Å². The summed E-state index contributed by atoms with van der Waals surface area (Å²) in [4.78, 5) is 17.2. The number of aromatic carboxylic acids is 1. The van der Waals surface area contributed by atoms with E-state index in [1.807, 2.05) is 0 Å². The van der Waals surface area contributed by atoms with Crippen molar-refractivity contribution in [2.75, 3.05) is 0 Å². The molecule has 1 aromatic heterocycles. The highest BCUT2D eigenvalue weighted by molar-refractivity contribution is 6.31. The van der Waals surface area contributed by atoms with Crippen molar-refractivity contribution < 1.29 is 14.3 Å². The van der Waals surface area contributed by atoms with E-state index in [0.717, 1.165) is 0 Å². The Hall–Kier alpha value is -1.88. The van der Waals surface area contributed by atoms with E-state index in [-0.39, 0.29) is 5.69 Å². The van der Waals surface area contributed by atoms with Gasteiger partial charge in [-0.3, -0.25) is 0 Å². The van der Waals surface area contributed by atoms with Crippen molar-refractivity contribution in [3.8, 4) is 0 Å². The number of carboxylic acid groups (broad SMARTS) is 1. The van der Waals surface area contributed by atoms with Crippen LogP contribution in [0.2, 0.25) is 5.02 Å². The topological polar surface area (TPSA) is 66.0 Å². The van der Waals surface area contributed by atoms with Gasteiger partial charge in [0.05, 0.1) is 6.20 Å². The normalized spacial score (nSPS) is 10.5. The lowest BCUT2D eigenvalue weighted by molar-refractivity contribution is 0.0691. The van der Waals surface area contributed by atoms with Crippen LogP contribution < -0.4 is 0 Å². The fraction of sp³-hybridized carbons (Fsp3) is 0.0909. The zero-order valence-corrected chi connectivity index (χ0v) is 9.33. The predicted octanol–water partition coefficient (Wildman–Crippen LogP) is 2.49. The molecule has 1 aromatic carbocycles. The van der Waals surface area contributed by atoms with E-state index < -0.39 is 11.8 Å². The van der Waals surface area contributed by atoms with Gasteiger partial charge in [0.1, 0.15) is 17.3 Å². The van der Waals surface area contributed by atoms with Crippen LogP contribution in [0.1, 0.15) is 21.9 Å². The van der Waals surface area contributed by atoms with Gasteiger partial charge in [0.2, 0.25) is 0 Å². The average molecular weight is 255 g/mol. The third-order valence-corrected chi connectivity index (χ3v) is 2.58. The maximum atomic E-state index is 12.8. The molecular formula is C11H8ClFN2O2. The fourth-order valence-corrected chi connectivity index (χ4v) is 1.64. The maximum absolute atomic E-state index is 12.8. The van der Waals surface area contributed by atoms with Crippen LogP contribution in [-0.2, 0) is 6.42 Å². The Labute approximate surface area is 101 Å². The number of benzene rings is 1. The molecule has 0 radical (unpaired) electrons. The molecule has 0 atom stereocenters. The summed E-state index contributed by atoms with van der Waals surface area (Å²) in [5, 5.41) is 9.00. The number of carbonyl (C=O) groups is 1. The molecule has 0 saturated carbocycles. The van der Waals surface area contributed by atoms with Crippen molar-refractivity contribution in [1.82, 2.24) is 9.97 Å². The Bertz CT molecular complexity index is 568. The molecule has 2 rings (SSSR count).